The number of piperazine rings is 1. The van der Waals surface area contributed by atoms with E-state index in [4.69, 9.17) is 5.73 Å². The average molecular weight is 449 g/mol. The normalized spacial score (nSPS) is 19.7. The second kappa shape index (κ2) is 8.65. The van der Waals surface area contributed by atoms with Crippen LogP contribution in [0.15, 0.2) is 48.7 Å². The third kappa shape index (κ3) is 4.55. The van der Waals surface area contributed by atoms with Crippen molar-refractivity contribution in [3.8, 4) is 0 Å². The van der Waals surface area contributed by atoms with E-state index in [0.29, 0.717) is 12.2 Å². The van der Waals surface area contributed by atoms with Gasteiger partial charge >= 0.3 is 6.18 Å². The SMILES string of the molecule is C=C(CN1CCN(c2ccc(C(F)(F)F)cc2)CC1)N1c2c(N)cc(F)cc2CC[C@H]1C. The minimum Gasteiger partial charge on any atom is -0.397 e. The highest BCUT2D eigenvalue weighted by Crippen LogP contribution is 2.38. The number of fused-ring (bicyclic) bond motifs is 1. The summed E-state index contributed by atoms with van der Waals surface area (Å²) in [6.45, 7) is 10.1. The standard InChI is InChI=1S/C24H28F4N4/c1-16-3-4-18-13-20(25)14-22(29)23(18)32(16)17(2)15-30-9-11-31(12-10-30)21-7-5-19(6-8-21)24(26,27)28/h5-8,13-14,16H,2-4,9-12,15,29H2,1H3/t16-/m1/s1. The predicted molar refractivity (Wildman–Crippen MR) is 120 cm³/mol. The predicted octanol–water partition coefficient (Wildman–Crippen LogP) is 4.90. The molecule has 0 unspecified atom stereocenters. The van der Waals surface area contributed by atoms with E-state index in [-0.39, 0.29) is 11.9 Å². The van der Waals surface area contributed by atoms with Crippen LogP contribution in [0.3, 0.4) is 0 Å². The van der Waals surface area contributed by atoms with Crippen molar-refractivity contribution in [3.63, 3.8) is 0 Å². The molecule has 0 aliphatic carbocycles. The Hall–Kier alpha value is -2.74. The first-order chi connectivity index (χ1) is 15.1. The van der Waals surface area contributed by atoms with Gasteiger partial charge in [-0.15, -0.1) is 0 Å². The Morgan fingerprint density at radius 2 is 1.75 bits per heavy atom. The number of nitrogens with two attached hydrogens (primary N) is 1. The summed E-state index contributed by atoms with van der Waals surface area (Å²) in [5.41, 5.74) is 9.45. The van der Waals surface area contributed by atoms with Crippen molar-refractivity contribution in [1.29, 1.82) is 0 Å². The van der Waals surface area contributed by atoms with Crippen molar-refractivity contribution in [2.24, 2.45) is 0 Å². The van der Waals surface area contributed by atoms with Gasteiger partial charge in [0.15, 0.2) is 0 Å². The van der Waals surface area contributed by atoms with Gasteiger partial charge in [0.25, 0.3) is 0 Å². The number of hydrogen-bond acceptors (Lipinski definition) is 4. The van der Waals surface area contributed by atoms with Gasteiger partial charge in [-0.2, -0.15) is 13.2 Å². The van der Waals surface area contributed by atoms with E-state index in [2.05, 4.69) is 28.2 Å². The van der Waals surface area contributed by atoms with Gasteiger partial charge in [0.05, 0.1) is 16.9 Å². The number of alkyl halides is 3. The van der Waals surface area contributed by atoms with E-state index in [1.54, 1.807) is 6.07 Å². The van der Waals surface area contributed by atoms with Crippen LogP contribution in [-0.2, 0) is 12.6 Å². The molecular weight excluding hydrogens is 420 g/mol. The molecule has 2 N–H and O–H groups in total. The number of aryl methyl sites for hydroxylation is 1. The van der Waals surface area contributed by atoms with Crippen LogP contribution in [0.2, 0.25) is 0 Å². The first-order valence-electron chi connectivity index (χ1n) is 10.8. The summed E-state index contributed by atoms with van der Waals surface area (Å²) in [6, 6.07) is 8.46. The Balaban J connectivity index is 1.39. The van der Waals surface area contributed by atoms with Crippen molar-refractivity contribution >= 4 is 17.1 Å². The molecule has 1 fully saturated rings. The Morgan fingerprint density at radius 1 is 1.09 bits per heavy atom. The van der Waals surface area contributed by atoms with Crippen LogP contribution < -0.4 is 15.5 Å². The fourth-order valence-corrected chi connectivity index (χ4v) is 4.71. The summed E-state index contributed by atoms with van der Waals surface area (Å²) >= 11 is 0. The highest BCUT2D eigenvalue weighted by atomic mass is 19.4. The topological polar surface area (TPSA) is 35.7 Å². The summed E-state index contributed by atoms with van der Waals surface area (Å²) in [4.78, 5) is 6.51. The fourth-order valence-electron chi connectivity index (χ4n) is 4.71. The first kappa shape index (κ1) is 22.5. The third-order valence-electron chi connectivity index (χ3n) is 6.38. The second-order valence-corrected chi connectivity index (χ2v) is 8.63. The first-order valence-corrected chi connectivity index (χ1v) is 10.8. The molecule has 2 aliphatic heterocycles. The Labute approximate surface area is 185 Å². The van der Waals surface area contributed by atoms with Gasteiger partial charge < -0.3 is 15.5 Å². The number of nitrogen functional groups attached to an aromatic ring is 1. The molecule has 2 aromatic carbocycles. The van der Waals surface area contributed by atoms with Crippen molar-refractivity contribution in [1.82, 2.24) is 4.90 Å². The number of hydrogen-bond donors (Lipinski definition) is 1. The maximum atomic E-state index is 13.8. The van der Waals surface area contributed by atoms with Gasteiger partial charge in [0.2, 0.25) is 0 Å². The third-order valence-corrected chi connectivity index (χ3v) is 6.38. The molecule has 0 amide bonds. The molecule has 1 atom stereocenters. The highest BCUT2D eigenvalue weighted by Gasteiger charge is 2.31. The minimum atomic E-state index is -4.32. The van der Waals surface area contributed by atoms with Crippen molar-refractivity contribution in [2.75, 3.05) is 48.3 Å². The Kier molecular flexibility index (Phi) is 6.07. The molecule has 4 rings (SSSR count). The second-order valence-electron chi connectivity index (χ2n) is 8.63. The van der Waals surface area contributed by atoms with Crippen molar-refractivity contribution in [2.45, 2.75) is 32.0 Å². The quantitative estimate of drug-likeness (QED) is 0.533. The van der Waals surface area contributed by atoms with Crippen LogP contribution >= 0.6 is 0 Å². The van der Waals surface area contributed by atoms with E-state index in [1.165, 1.54) is 18.2 Å². The van der Waals surface area contributed by atoms with Crippen LogP contribution in [-0.4, -0.2) is 43.7 Å². The van der Waals surface area contributed by atoms with Crippen molar-refractivity contribution < 1.29 is 17.6 Å². The van der Waals surface area contributed by atoms with E-state index >= 15 is 0 Å². The lowest BCUT2D eigenvalue weighted by Gasteiger charge is -2.42. The molecule has 0 bridgehead atoms. The van der Waals surface area contributed by atoms with Gasteiger partial charge in [-0.3, -0.25) is 4.90 Å². The summed E-state index contributed by atoms with van der Waals surface area (Å²) in [5.74, 6) is -0.319. The van der Waals surface area contributed by atoms with Crippen LogP contribution in [0.5, 0.6) is 0 Å². The highest BCUT2D eigenvalue weighted by molar-refractivity contribution is 5.75. The zero-order valence-corrected chi connectivity index (χ0v) is 18.1. The van der Waals surface area contributed by atoms with Gasteiger partial charge in [0, 0.05) is 50.2 Å². The molecule has 1 saturated heterocycles. The summed E-state index contributed by atoms with van der Waals surface area (Å²) < 4.78 is 52.2. The minimum absolute atomic E-state index is 0.219. The Morgan fingerprint density at radius 3 is 2.38 bits per heavy atom. The van der Waals surface area contributed by atoms with E-state index < -0.39 is 11.7 Å². The molecule has 8 heteroatoms. The average Bonchev–Trinajstić information content (AvgIpc) is 2.74. The lowest BCUT2D eigenvalue weighted by atomic mass is 9.94. The molecule has 4 nitrogen and oxygen atoms in total. The maximum Gasteiger partial charge on any atom is 0.416 e. The molecule has 2 aromatic rings. The fraction of sp³-hybridized carbons (Fsp3) is 0.417. The summed E-state index contributed by atoms with van der Waals surface area (Å²) in [5, 5.41) is 0. The monoisotopic (exact) mass is 448 g/mol. The van der Waals surface area contributed by atoms with E-state index in [0.717, 1.165) is 73.8 Å². The van der Waals surface area contributed by atoms with Gasteiger partial charge in [-0.1, -0.05) is 6.58 Å². The molecule has 0 aromatic heterocycles. The van der Waals surface area contributed by atoms with Gasteiger partial charge in [-0.05, 0) is 61.7 Å². The van der Waals surface area contributed by atoms with Crippen molar-refractivity contribution in [3.05, 3.63) is 65.6 Å². The number of anilines is 3. The molecular formula is C24H28F4N4. The Bertz CT molecular complexity index is 979. The zero-order valence-electron chi connectivity index (χ0n) is 18.1. The van der Waals surface area contributed by atoms with Crippen LogP contribution in [0.25, 0.3) is 0 Å². The van der Waals surface area contributed by atoms with E-state index in [1.807, 2.05) is 0 Å². The smallest absolute Gasteiger partial charge is 0.397 e. The molecule has 0 saturated carbocycles. The molecule has 0 spiro atoms. The van der Waals surface area contributed by atoms with Gasteiger partial charge in [-0.25, -0.2) is 4.39 Å². The lowest BCUT2D eigenvalue weighted by molar-refractivity contribution is -0.137. The van der Waals surface area contributed by atoms with Crippen LogP contribution in [0.4, 0.5) is 34.6 Å². The maximum absolute atomic E-state index is 13.8. The number of halogens is 4. The zero-order chi connectivity index (χ0) is 23.0. The number of nitrogens with zero attached hydrogens (tertiary/aromatic N) is 3. The largest absolute Gasteiger partial charge is 0.416 e. The molecule has 2 heterocycles. The van der Waals surface area contributed by atoms with Crippen LogP contribution in [0.1, 0.15) is 24.5 Å². The molecule has 172 valence electrons. The lowest BCUT2D eigenvalue weighted by Crippen LogP contribution is -2.49. The molecule has 2 aliphatic rings. The van der Waals surface area contributed by atoms with Crippen LogP contribution in [0, 0.1) is 5.82 Å². The summed E-state index contributed by atoms with van der Waals surface area (Å²) in [6.07, 6.45) is -2.64. The molecule has 0 radical (unpaired) electrons. The summed E-state index contributed by atoms with van der Waals surface area (Å²) in [7, 11) is 0. The number of rotatable bonds is 4. The van der Waals surface area contributed by atoms with Gasteiger partial charge in [0.1, 0.15) is 5.82 Å². The molecule has 32 heavy (non-hydrogen) atoms. The number of benzene rings is 2. The van der Waals surface area contributed by atoms with E-state index in [9.17, 15) is 17.6 Å².